The van der Waals surface area contributed by atoms with Crippen molar-refractivity contribution in [2.24, 2.45) is 5.73 Å². The predicted molar refractivity (Wildman–Crippen MR) is 87.6 cm³/mol. The van der Waals surface area contributed by atoms with Crippen molar-refractivity contribution in [1.82, 2.24) is 4.31 Å². The van der Waals surface area contributed by atoms with Crippen LogP contribution in [0.1, 0.15) is 15.3 Å². The summed E-state index contributed by atoms with van der Waals surface area (Å²) in [7, 11) is -1.91. The molecule has 0 amide bonds. The Morgan fingerprint density at radius 2 is 2.05 bits per heavy atom. The minimum absolute atomic E-state index is 0.242. The highest BCUT2D eigenvalue weighted by Crippen LogP contribution is 2.30. The second-order valence-corrected chi connectivity index (χ2v) is 9.22. The van der Waals surface area contributed by atoms with Crippen molar-refractivity contribution in [3.05, 3.63) is 36.6 Å². The summed E-state index contributed by atoms with van der Waals surface area (Å²) in [6, 6.07) is 1.93. The maximum atomic E-state index is 12.7. The van der Waals surface area contributed by atoms with E-state index < -0.39 is 10.0 Å². The highest BCUT2D eigenvalue weighted by molar-refractivity contribution is 9.10. The molecule has 0 aliphatic heterocycles. The summed E-state index contributed by atoms with van der Waals surface area (Å²) in [4.78, 5) is 2.06. The molecular weight excluding hydrogens is 380 g/mol. The molecule has 0 saturated carbocycles. The third-order valence-corrected chi connectivity index (χ3v) is 7.82. The second kappa shape index (κ2) is 6.25. The van der Waals surface area contributed by atoms with E-state index in [-0.39, 0.29) is 6.54 Å². The first-order valence-electron chi connectivity index (χ1n) is 5.82. The van der Waals surface area contributed by atoms with Gasteiger partial charge in [-0.3, -0.25) is 0 Å². The Kier molecular flexibility index (Phi) is 5.04. The number of halogens is 1. The maximum Gasteiger partial charge on any atom is 0.244 e. The van der Waals surface area contributed by atoms with Crippen LogP contribution in [0.15, 0.2) is 26.2 Å². The van der Waals surface area contributed by atoms with Crippen LogP contribution in [-0.4, -0.2) is 19.8 Å². The number of nitrogens with zero attached hydrogens (tertiary/aromatic N) is 1. The van der Waals surface area contributed by atoms with Gasteiger partial charge in [0.25, 0.3) is 0 Å². The number of sulfonamides is 1. The Bertz CT molecular complexity index is 706. The average molecular weight is 395 g/mol. The molecule has 2 rings (SSSR count). The van der Waals surface area contributed by atoms with E-state index in [1.165, 1.54) is 27.0 Å². The van der Waals surface area contributed by atoms with Crippen LogP contribution in [0.5, 0.6) is 0 Å². The van der Waals surface area contributed by atoms with Gasteiger partial charge in [-0.1, -0.05) is 0 Å². The molecule has 0 bridgehead atoms. The first-order chi connectivity index (χ1) is 9.36. The summed E-state index contributed by atoms with van der Waals surface area (Å²) >= 11 is 6.30. The fourth-order valence-corrected chi connectivity index (χ4v) is 6.25. The smallest absolute Gasteiger partial charge is 0.244 e. The van der Waals surface area contributed by atoms with Gasteiger partial charge in [0.2, 0.25) is 10.0 Å². The number of hydrogen-bond acceptors (Lipinski definition) is 5. The third kappa shape index (κ3) is 3.15. The summed E-state index contributed by atoms with van der Waals surface area (Å²) in [5, 5.41) is 3.78. The van der Waals surface area contributed by atoms with E-state index in [0.717, 1.165) is 14.9 Å². The molecule has 0 fully saturated rings. The van der Waals surface area contributed by atoms with E-state index in [9.17, 15) is 8.42 Å². The maximum absolute atomic E-state index is 12.7. The highest BCUT2D eigenvalue weighted by atomic mass is 79.9. The monoisotopic (exact) mass is 394 g/mol. The van der Waals surface area contributed by atoms with E-state index in [0.29, 0.717) is 16.3 Å². The van der Waals surface area contributed by atoms with E-state index in [4.69, 9.17) is 5.73 Å². The third-order valence-electron chi connectivity index (χ3n) is 2.84. The lowest BCUT2D eigenvalue weighted by atomic mass is 10.3. The number of aryl methyl sites for hydroxylation is 1. The van der Waals surface area contributed by atoms with Crippen molar-refractivity contribution in [1.29, 1.82) is 0 Å². The quantitative estimate of drug-likeness (QED) is 0.846. The van der Waals surface area contributed by atoms with Crippen molar-refractivity contribution in [3.8, 4) is 0 Å². The van der Waals surface area contributed by atoms with Crippen molar-refractivity contribution in [2.75, 3.05) is 7.05 Å². The lowest BCUT2D eigenvalue weighted by Crippen LogP contribution is -2.27. The van der Waals surface area contributed by atoms with Crippen LogP contribution in [0.3, 0.4) is 0 Å². The van der Waals surface area contributed by atoms with E-state index in [1.54, 1.807) is 14.0 Å². The van der Waals surface area contributed by atoms with Crippen LogP contribution in [0.2, 0.25) is 0 Å². The van der Waals surface area contributed by atoms with Crippen molar-refractivity contribution < 1.29 is 8.42 Å². The Balaban J connectivity index is 2.32. The number of thiophene rings is 2. The molecule has 8 heteroatoms. The SMILES string of the molecule is Cc1csc(CN)c1S(=O)(=O)N(C)Cc1cc(Br)cs1. The van der Waals surface area contributed by atoms with Crippen molar-refractivity contribution in [2.45, 2.75) is 24.9 Å². The molecule has 2 N–H and O–H groups in total. The topological polar surface area (TPSA) is 63.4 Å². The lowest BCUT2D eigenvalue weighted by molar-refractivity contribution is 0.469. The molecule has 110 valence electrons. The van der Waals surface area contributed by atoms with Gasteiger partial charge in [0, 0.05) is 39.7 Å². The fraction of sp³-hybridized carbons (Fsp3) is 0.333. The number of nitrogens with two attached hydrogens (primary N) is 1. The van der Waals surface area contributed by atoms with Crippen LogP contribution in [0, 0.1) is 6.92 Å². The van der Waals surface area contributed by atoms with Gasteiger partial charge < -0.3 is 5.73 Å². The summed E-state index contributed by atoms with van der Waals surface area (Å²) in [5.41, 5.74) is 6.40. The van der Waals surface area contributed by atoms with Gasteiger partial charge in [0.15, 0.2) is 0 Å². The van der Waals surface area contributed by atoms with E-state index in [2.05, 4.69) is 15.9 Å². The first-order valence-corrected chi connectivity index (χ1v) is 9.81. The Labute approximate surface area is 135 Å². The molecule has 2 aromatic heterocycles. The molecule has 0 aliphatic carbocycles. The van der Waals surface area contributed by atoms with Gasteiger partial charge in [-0.15, -0.1) is 22.7 Å². The molecule has 0 spiro atoms. The van der Waals surface area contributed by atoms with E-state index >= 15 is 0 Å². The average Bonchev–Trinajstić information content (AvgIpc) is 2.95. The van der Waals surface area contributed by atoms with Crippen molar-refractivity contribution >= 4 is 48.6 Å². The van der Waals surface area contributed by atoms with E-state index in [1.807, 2.05) is 16.8 Å². The molecule has 0 saturated heterocycles. The van der Waals surface area contributed by atoms with Crippen LogP contribution < -0.4 is 5.73 Å². The van der Waals surface area contributed by atoms with Crippen LogP contribution in [0.4, 0.5) is 0 Å². The minimum atomic E-state index is -3.50. The molecule has 0 aliphatic rings. The van der Waals surface area contributed by atoms with Gasteiger partial charge in [0.1, 0.15) is 4.90 Å². The zero-order valence-electron chi connectivity index (χ0n) is 11.1. The molecule has 0 unspecified atom stereocenters. The minimum Gasteiger partial charge on any atom is -0.326 e. The molecule has 20 heavy (non-hydrogen) atoms. The standard InChI is InChI=1S/C12H15BrN2O2S3/c1-8-6-19-11(4-14)12(8)20(16,17)15(2)5-10-3-9(13)7-18-10/h3,6-7H,4-5,14H2,1-2H3. The molecule has 0 aromatic carbocycles. The summed E-state index contributed by atoms with van der Waals surface area (Å²) in [6.45, 7) is 2.40. The number of hydrogen-bond donors (Lipinski definition) is 1. The summed E-state index contributed by atoms with van der Waals surface area (Å²) in [6.07, 6.45) is 0. The van der Waals surface area contributed by atoms with Gasteiger partial charge in [0.05, 0.1) is 0 Å². The van der Waals surface area contributed by atoms with Gasteiger partial charge >= 0.3 is 0 Å². The summed E-state index contributed by atoms with van der Waals surface area (Å²) < 4.78 is 27.7. The van der Waals surface area contributed by atoms with Gasteiger partial charge in [-0.2, -0.15) is 4.31 Å². The molecule has 0 radical (unpaired) electrons. The van der Waals surface area contributed by atoms with Crippen LogP contribution >= 0.6 is 38.6 Å². The lowest BCUT2D eigenvalue weighted by Gasteiger charge is -2.17. The van der Waals surface area contributed by atoms with Gasteiger partial charge in [-0.05, 0) is 39.9 Å². The zero-order chi connectivity index (χ0) is 14.9. The Morgan fingerprint density at radius 3 is 2.60 bits per heavy atom. The van der Waals surface area contributed by atoms with Gasteiger partial charge in [-0.25, -0.2) is 8.42 Å². The predicted octanol–water partition coefficient (Wildman–Crippen LogP) is 3.16. The highest BCUT2D eigenvalue weighted by Gasteiger charge is 2.27. The number of rotatable bonds is 5. The second-order valence-electron chi connectivity index (χ2n) is 4.37. The Morgan fingerprint density at radius 1 is 1.35 bits per heavy atom. The van der Waals surface area contributed by atoms with Crippen LogP contribution in [-0.2, 0) is 23.1 Å². The summed E-state index contributed by atoms with van der Waals surface area (Å²) in [5.74, 6) is 0. The molecule has 2 heterocycles. The molecule has 2 aromatic rings. The molecule has 0 atom stereocenters. The largest absolute Gasteiger partial charge is 0.326 e. The normalized spacial score (nSPS) is 12.2. The van der Waals surface area contributed by atoms with Crippen molar-refractivity contribution in [3.63, 3.8) is 0 Å². The van der Waals surface area contributed by atoms with Crippen LogP contribution in [0.25, 0.3) is 0 Å². The fourth-order valence-electron chi connectivity index (χ4n) is 1.87. The Hall–Kier alpha value is -0.250. The molecular formula is C12H15BrN2O2S3. The zero-order valence-corrected chi connectivity index (χ0v) is 15.1. The molecule has 4 nitrogen and oxygen atoms in total. The first kappa shape index (κ1) is 16.1.